The first-order valence-electron chi connectivity index (χ1n) is 3.85. The molecule has 84 valence electrons. The zero-order chi connectivity index (χ0) is 11.5. The highest BCUT2D eigenvalue weighted by Gasteiger charge is 2.52. The van der Waals surface area contributed by atoms with Gasteiger partial charge in [0.05, 0.1) is 0 Å². The summed E-state index contributed by atoms with van der Waals surface area (Å²) in [7, 11) is -3.94. The van der Waals surface area contributed by atoms with E-state index in [0.29, 0.717) is 4.73 Å². The highest BCUT2D eigenvalue weighted by Crippen LogP contribution is 2.59. The van der Waals surface area contributed by atoms with Crippen LogP contribution < -0.4 is 24.8 Å². The van der Waals surface area contributed by atoms with Gasteiger partial charge < -0.3 is 9.05 Å². The molecule has 2 N–H and O–H groups in total. The van der Waals surface area contributed by atoms with E-state index < -0.39 is 31.0 Å². The standard InChI is InChI=1S/C5H2N3O7P/c9-3(7-11)1-2-4-6-5(10)8(1)15-16(12,13-2)14-4/h11H,(H,7,9). The first-order valence-corrected chi connectivity index (χ1v) is 5.31. The molecule has 1 amide bonds. The summed E-state index contributed by atoms with van der Waals surface area (Å²) in [5.41, 5.74) is -0.188. The van der Waals surface area contributed by atoms with Gasteiger partial charge in [0.15, 0.2) is 0 Å². The Morgan fingerprint density at radius 3 is 2.94 bits per heavy atom. The predicted octanol–water partition coefficient (Wildman–Crippen LogP) is -1.32. The molecule has 0 aromatic carbocycles. The fourth-order valence-electron chi connectivity index (χ4n) is 1.31. The second-order valence-corrected chi connectivity index (χ2v) is 4.25. The molecule has 3 bridgehead atoms. The van der Waals surface area contributed by atoms with Crippen LogP contribution in [0, 0.1) is 0 Å². The number of amides is 1. The number of nitrogens with zero attached hydrogens (tertiary/aromatic N) is 2. The van der Waals surface area contributed by atoms with Gasteiger partial charge in [0, 0.05) is 0 Å². The molecule has 0 fully saturated rings. The van der Waals surface area contributed by atoms with Gasteiger partial charge in [0.2, 0.25) is 11.4 Å². The second-order valence-electron chi connectivity index (χ2n) is 2.82. The Morgan fingerprint density at radius 2 is 2.25 bits per heavy atom. The molecule has 0 radical (unpaired) electrons. The fraction of sp³-hybridized carbons (Fsp3) is 0. The Labute approximate surface area is 85.9 Å². The lowest BCUT2D eigenvalue weighted by Crippen LogP contribution is -2.37. The van der Waals surface area contributed by atoms with Crippen molar-refractivity contribution in [3.05, 3.63) is 16.2 Å². The normalized spacial score (nSPS) is 23.3. The summed E-state index contributed by atoms with van der Waals surface area (Å²) in [6, 6.07) is 0. The maximum atomic E-state index is 11.5. The Bertz CT molecular complexity index is 621. The van der Waals surface area contributed by atoms with E-state index in [1.807, 2.05) is 0 Å². The summed E-state index contributed by atoms with van der Waals surface area (Å²) in [5, 5.41) is 8.46. The molecule has 1 unspecified atom stereocenters. The summed E-state index contributed by atoms with van der Waals surface area (Å²) in [6.07, 6.45) is 0. The van der Waals surface area contributed by atoms with Gasteiger partial charge in [-0.1, -0.05) is 0 Å². The van der Waals surface area contributed by atoms with Gasteiger partial charge in [-0.25, -0.2) is 10.3 Å². The summed E-state index contributed by atoms with van der Waals surface area (Å²) in [6.45, 7) is 0. The minimum Gasteiger partial charge on any atom is -0.376 e. The van der Waals surface area contributed by atoms with Gasteiger partial charge in [0.1, 0.15) is 0 Å². The van der Waals surface area contributed by atoms with Crippen molar-refractivity contribution in [2.24, 2.45) is 0 Å². The third kappa shape index (κ3) is 0.942. The van der Waals surface area contributed by atoms with Crippen molar-refractivity contribution < 1.29 is 28.2 Å². The van der Waals surface area contributed by atoms with E-state index in [1.54, 1.807) is 0 Å². The average molecular weight is 247 g/mol. The van der Waals surface area contributed by atoms with E-state index in [2.05, 4.69) is 14.1 Å². The summed E-state index contributed by atoms with van der Waals surface area (Å²) >= 11 is 0. The number of aromatic nitrogens is 2. The van der Waals surface area contributed by atoms with Gasteiger partial charge in [0.25, 0.3) is 11.8 Å². The predicted molar refractivity (Wildman–Crippen MR) is 43.2 cm³/mol. The van der Waals surface area contributed by atoms with Gasteiger partial charge in [-0.3, -0.25) is 14.6 Å². The first-order chi connectivity index (χ1) is 7.54. The molecule has 2 aliphatic heterocycles. The number of hydrogen-bond acceptors (Lipinski definition) is 8. The van der Waals surface area contributed by atoms with Crippen LogP contribution in [0.15, 0.2) is 4.79 Å². The Kier molecular flexibility index (Phi) is 1.46. The molecule has 16 heavy (non-hydrogen) atoms. The van der Waals surface area contributed by atoms with Gasteiger partial charge in [-0.15, -0.1) is 4.73 Å². The van der Waals surface area contributed by atoms with Crippen LogP contribution in [-0.4, -0.2) is 20.8 Å². The highest BCUT2D eigenvalue weighted by molar-refractivity contribution is 7.50. The SMILES string of the molecule is O=C(NO)c1c2c3nc(=O)n1OP(=O)(O3)O2. The average Bonchev–Trinajstić information content (AvgIpc) is 2.42. The lowest BCUT2D eigenvalue weighted by atomic mass is 10.3. The van der Waals surface area contributed by atoms with E-state index in [9.17, 15) is 14.2 Å². The van der Waals surface area contributed by atoms with Crippen molar-refractivity contribution in [1.82, 2.24) is 15.2 Å². The topological polar surface area (TPSA) is 129 Å². The van der Waals surface area contributed by atoms with Crippen molar-refractivity contribution in [3.8, 4) is 11.6 Å². The smallest absolute Gasteiger partial charge is 0.376 e. The molecule has 0 spiro atoms. The van der Waals surface area contributed by atoms with Crippen LogP contribution in [0.1, 0.15) is 10.5 Å². The molecular formula is C5H2N3O7P. The lowest BCUT2D eigenvalue weighted by Gasteiger charge is -2.16. The second kappa shape index (κ2) is 2.54. The molecule has 1 aromatic rings. The zero-order valence-corrected chi connectivity index (χ0v) is 8.13. The number of fused-ring (bicyclic) bond motifs is 2. The van der Waals surface area contributed by atoms with Crippen LogP contribution in [0.25, 0.3) is 0 Å². The minimum atomic E-state index is -3.94. The summed E-state index contributed by atoms with van der Waals surface area (Å²) < 4.78 is 25.8. The number of carbonyl (C=O) groups excluding carboxylic acids is 1. The van der Waals surface area contributed by atoms with Crippen LogP contribution >= 0.6 is 7.82 Å². The molecule has 0 aliphatic carbocycles. The molecule has 11 heteroatoms. The number of nitrogens with one attached hydrogen (secondary N) is 1. The quantitative estimate of drug-likeness (QED) is 0.355. The molecule has 10 nitrogen and oxygen atoms in total. The zero-order valence-electron chi connectivity index (χ0n) is 7.24. The summed E-state index contributed by atoms with van der Waals surface area (Å²) in [4.78, 5) is 25.8. The molecule has 0 saturated heterocycles. The highest BCUT2D eigenvalue weighted by atomic mass is 31.2. The molecule has 3 heterocycles. The third-order valence-electron chi connectivity index (χ3n) is 1.88. The van der Waals surface area contributed by atoms with Crippen LogP contribution in [0.4, 0.5) is 0 Å². The van der Waals surface area contributed by atoms with E-state index in [1.165, 1.54) is 5.48 Å². The van der Waals surface area contributed by atoms with Gasteiger partial charge in [-0.05, 0) is 0 Å². The van der Waals surface area contributed by atoms with Crippen molar-refractivity contribution in [2.75, 3.05) is 0 Å². The number of phosphoric acid groups is 1. The van der Waals surface area contributed by atoms with Crippen molar-refractivity contribution >= 4 is 13.7 Å². The van der Waals surface area contributed by atoms with E-state index in [0.717, 1.165) is 0 Å². The van der Waals surface area contributed by atoms with Crippen LogP contribution in [0.5, 0.6) is 11.6 Å². The van der Waals surface area contributed by atoms with Gasteiger partial charge >= 0.3 is 13.5 Å². The Balaban J connectivity index is 2.37. The maximum Gasteiger partial charge on any atom is 0.668 e. The van der Waals surface area contributed by atoms with Crippen molar-refractivity contribution in [2.45, 2.75) is 0 Å². The molecular weight excluding hydrogens is 245 g/mol. The maximum absolute atomic E-state index is 11.5. The first kappa shape index (κ1) is 9.19. The summed E-state index contributed by atoms with van der Waals surface area (Å²) in [5.74, 6) is -1.78. The molecule has 1 aromatic heterocycles. The lowest BCUT2D eigenvalue weighted by molar-refractivity contribution is 0.0655. The Hall–Kier alpha value is -2.06. The fourth-order valence-corrected chi connectivity index (χ4v) is 2.49. The largest absolute Gasteiger partial charge is 0.668 e. The minimum absolute atomic E-state index is 0.305. The van der Waals surface area contributed by atoms with E-state index in [4.69, 9.17) is 9.73 Å². The Morgan fingerprint density at radius 1 is 1.50 bits per heavy atom. The van der Waals surface area contributed by atoms with Crippen molar-refractivity contribution in [1.29, 1.82) is 0 Å². The van der Waals surface area contributed by atoms with Crippen molar-refractivity contribution in [3.63, 3.8) is 0 Å². The third-order valence-corrected chi connectivity index (χ3v) is 3.05. The molecule has 2 aliphatic rings. The number of carbonyl (C=O) groups is 1. The number of phosphoric ester groups is 1. The van der Waals surface area contributed by atoms with Crippen LogP contribution in [-0.2, 0) is 4.57 Å². The molecule has 1 atom stereocenters. The van der Waals surface area contributed by atoms with Crippen LogP contribution in [0.2, 0.25) is 0 Å². The van der Waals surface area contributed by atoms with Crippen LogP contribution in [0.3, 0.4) is 0 Å². The van der Waals surface area contributed by atoms with E-state index in [-0.39, 0.29) is 5.75 Å². The van der Waals surface area contributed by atoms with E-state index >= 15 is 0 Å². The molecule has 3 rings (SSSR count). The number of hydroxylamine groups is 1. The number of hydrogen-bond donors (Lipinski definition) is 2. The number of rotatable bonds is 1. The van der Waals surface area contributed by atoms with Gasteiger partial charge in [-0.2, -0.15) is 9.55 Å². The molecule has 0 saturated carbocycles. The monoisotopic (exact) mass is 247 g/mol.